The molecule has 1 aliphatic carbocycles. The lowest BCUT2D eigenvalue weighted by atomic mass is 9.93. The van der Waals surface area contributed by atoms with Crippen LogP contribution in [0.1, 0.15) is 46.3 Å². The zero-order valence-electron chi connectivity index (χ0n) is 18.1. The molecule has 2 saturated heterocycles. The maximum atomic E-state index is 13.1. The van der Waals surface area contributed by atoms with Gasteiger partial charge < -0.3 is 15.2 Å². The monoisotopic (exact) mass is 473 g/mol. The van der Waals surface area contributed by atoms with Crippen molar-refractivity contribution in [1.82, 2.24) is 9.55 Å². The molecule has 12 nitrogen and oxygen atoms in total. The van der Waals surface area contributed by atoms with Crippen LogP contribution in [-0.4, -0.2) is 52.6 Å². The van der Waals surface area contributed by atoms with E-state index in [-0.39, 0.29) is 25.3 Å². The number of fused-ring (bicyclic) bond motifs is 1. The molecule has 0 spiro atoms. The van der Waals surface area contributed by atoms with E-state index in [4.69, 9.17) is 28.8 Å². The molecular formula is C19H28N3O9P. The van der Waals surface area contributed by atoms with Crippen LogP contribution in [0.25, 0.3) is 0 Å². The van der Waals surface area contributed by atoms with Crippen LogP contribution in [0.5, 0.6) is 0 Å². The molecule has 0 radical (unpaired) electrons. The van der Waals surface area contributed by atoms with Gasteiger partial charge in [0.05, 0.1) is 30.3 Å². The van der Waals surface area contributed by atoms with E-state index in [1.165, 1.54) is 12.3 Å². The lowest BCUT2D eigenvalue weighted by molar-refractivity contribution is -0.154. The number of ether oxygens (including phenoxy) is 2. The second kappa shape index (κ2) is 8.19. The third-order valence-electron chi connectivity index (χ3n) is 5.99. The van der Waals surface area contributed by atoms with Gasteiger partial charge in [0.1, 0.15) is 12.2 Å². The van der Waals surface area contributed by atoms with Gasteiger partial charge in [-0.05, 0) is 40.0 Å². The largest absolute Gasteiger partial charge is 0.475 e. The molecule has 1 saturated carbocycles. The molecule has 13 heteroatoms. The van der Waals surface area contributed by atoms with E-state index in [0.29, 0.717) is 19.3 Å². The Morgan fingerprint density at radius 1 is 1.41 bits per heavy atom. The Morgan fingerprint density at radius 2 is 2.12 bits per heavy atom. The number of phosphoric acid groups is 1. The van der Waals surface area contributed by atoms with E-state index >= 15 is 0 Å². The fourth-order valence-electron chi connectivity index (χ4n) is 4.01. The van der Waals surface area contributed by atoms with Gasteiger partial charge in [-0.3, -0.25) is 32.7 Å². The van der Waals surface area contributed by atoms with Crippen LogP contribution in [0.3, 0.4) is 0 Å². The Labute approximate surface area is 183 Å². The van der Waals surface area contributed by atoms with Gasteiger partial charge in [-0.15, -0.1) is 0 Å². The maximum Gasteiger partial charge on any atom is 0.475 e. The first-order valence-corrected chi connectivity index (χ1v) is 12.0. The van der Waals surface area contributed by atoms with E-state index in [9.17, 15) is 18.9 Å². The molecule has 4 rings (SSSR count). The van der Waals surface area contributed by atoms with Gasteiger partial charge in [-0.25, -0.2) is 9.36 Å². The van der Waals surface area contributed by atoms with Crippen molar-refractivity contribution in [2.24, 2.45) is 11.1 Å². The summed E-state index contributed by atoms with van der Waals surface area (Å²) in [5.41, 5.74) is 3.29. The predicted octanol–water partition coefficient (Wildman–Crippen LogP) is 0.813. The molecule has 0 unspecified atom stereocenters. The number of aromatic amines is 1. The Balaban J connectivity index is 1.41. The second-order valence-corrected chi connectivity index (χ2v) is 10.6. The smallest absolute Gasteiger partial charge is 0.463 e. The number of carbonyl (C=O) groups is 1. The Kier molecular flexibility index (Phi) is 5.98. The number of carbonyl (C=O) groups excluding carboxylic acids is 1. The number of hydrogen-bond acceptors (Lipinski definition) is 10. The minimum absolute atomic E-state index is 0.0210. The normalized spacial score (nSPS) is 35.5. The summed E-state index contributed by atoms with van der Waals surface area (Å²) in [6.45, 7) is 5.02. The van der Waals surface area contributed by atoms with Crippen molar-refractivity contribution in [1.29, 1.82) is 0 Å². The van der Waals surface area contributed by atoms with Gasteiger partial charge in [0, 0.05) is 12.3 Å². The van der Waals surface area contributed by atoms with E-state index < -0.39 is 48.5 Å². The van der Waals surface area contributed by atoms with Crippen LogP contribution in [-0.2, 0) is 32.4 Å². The first kappa shape index (κ1) is 23.3. The Hall–Kier alpha value is -1.82. The van der Waals surface area contributed by atoms with Gasteiger partial charge in [0.15, 0.2) is 6.23 Å². The van der Waals surface area contributed by atoms with Crippen LogP contribution in [0.4, 0.5) is 0 Å². The summed E-state index contributed by atoms with van der Waals surface area (Å²) in [5, 5.41) is 0. The predicted molar refractivity (Wildman–Crippen MR) is 110 cm³/mol. The molecule has 2 aliphatic heterocycles. The first-order chi connectivity index (χ1) is 15.0. The van der Waals surface area contributed by atoms with Gasteiger partial charge in [-0.2, -0.15) is 0 Å². The topological polar surface area (TPSA) is 161 Å². The number of nitrogens with one attached hydrogen (secondary N) is 1. The van der Waals surface area contributed by atoms with Crippen molar-refractivity contribution in [3.63, 3.8) is 0 Å². The minimum atomic E-state index is -3.97. The third kappa shape index (κ3) is 4.35. The highest BCUT2D eigenvalue weighted by Crippen LogP contribution is 2.59. The van der Waals surface area contributed by atoms with E-state index in [1.807, 2.05) is 0 Å². The van der Waals surface area contributed by atoms with Crippen LogP contribution in [0, 0.1) is 5.41 Å². The number of nitrogens with zero attached hydrogens (tertiary/aromatic N) is 1. The van der Waals surface area contributed by atoms with E-state index in [1.54, 1.807) is 20.8 Å². The van der Waals surface area contributed by atoms with Crippen LogP contribution < -0.4 is 17.0 Å². The summed E-state index contributed by atoms with van der Waals surface area (Å²) in [6.07, 6.45) is 0.172. The van der Waals surface area contributed by atoms with E-state index in [0.717, 1.165) is 4.57 Å². The SMILES string of the molecule is CC(C)OC(=O)C1(CCO[P@@]2(=O)OC[C@H]3O[C@@H](n4ccc(=O)[nH]c4=O)[C@](C)(N)[C@@H]3O2)CC1. The Morgan fingerprint density at radius 3 is 2.75 bits per heavy atom. The van der Waals surface area contributed by atoms with Crippen molar-refractivity contribution >= 4 is 13.8 Å². The summed E-state index contributed by atoms with van der Waals surface area (Å²) in [6, 6.07) is 1.17. The highest BCUT2D eigenvalue weighted by molar-refractivity contribution is 7.48. The molecule has 178 valence electrons. The van der Waals surface area contributed by atoms with Crippen molar-refractivity contribution in [3.05, 3.63) is 33.1 Å². The minimum Gasteiger partial charge on any atom is -0.463 e. The molecule has 0 amide bonds. The van der Waals surface area contributed by atoms with Crippen molar-refractivity contribution in [3.8, 4) is 0 Å². The number of esters is 1. The van der Waals surface area contributed by atoms with Crippen molar-refractivity contribution < 1.29 is 32.4 Å². The average Bonchev–Trinajstić information content (AvgIpc) is 3.43. The zero-order chi connectivity index (χ0) is 23.3. The van der Waals surface area contributed by atoms with Gasteiger partial charge >= 0.3 is 19.5 Å². The molecule has 1 aromatic heterocycles. The molecule has 0 aromatic carbocycles. The fraction of sp³-hybridized carbons (Fsp3) is 0.737. The average molecular weight is 473 g/mol. The van der Waals surface area contributed by atoms with Crippen molar-refractivity contribution in [2.45, 2.75) is 70.1 Å². The van der Waals surface area contributed by atoms with Gasteiger partial charge in [-0.1, -0.05) is 0 Å². The molecule has 3 aliphatic rings. The summed E-state index contributed by atoms with van der Waals surface area (Å²) < 4.78 is 41.8. The molecule has 5 atom stereocenters. The molecule has 3 fully saturated rings. The maximum absolute atomic E-state index is 13.1. The lowest BCUT2D eigenvalue weighted by Gasteiger charge is -2.35. The number of nitrogens with two attached hydrogens (primary N) is 1. The number of aromatic nitrogens is 2. The molecular weight excluding hydrogens is 445 g/mol. The summed E-state index contributed by atoms with van der Waals surface area (Å²) in [5.74, 6) is -0.284. The van der Waals surface area contributed by atoms with Gasteiger partial charge in [0.25, 0.3) is 5.56 Å². The van der Waals surface area contributed by atoms with Gasteiger partial charge in [0.2, 0.25) is 0 Å². The molecule has 0 bridgehead atoms. The highest BCUT2D eigenvalue weighted by Gasteiger charge is 2.59. The van der Waals surface area contributed by atoms with Crippen molar-refractivity contribution in [2.75, 3.05) is 13.2 Å². The number of phosphoric ester groups is 1. The molecule has 3 N–H and O–H groups in total. The molecule has 3 heterocycles. The van der Waals surface area contributed by atoms with Crippen LogP contribution >= 0.6 is 7.82 Å². The lowest BCUT2D eigenvalue weighted by Crippen LogP contribution is -2.55. The second-order valence-electron chi connectivity index (χ2n) is 9.00. The summed E-state index contributed by atoms with van der Waals surface area (Å²) in [7, 11) is -3.97. The summed E-state index contributed by atoms with van der Waals surface area (Å²) >= 11 is 0. The summed E-state index contributed by atoms with van der Waals surface area (Å²) in [4.78, 5) is 38.0. The van der Waals surface area contributed by atoms with Crippen LogP contribution in [0.2, 0.25) is 0 Å². The van der Waals surface area contributed by atoms with E-state index in [2.05, 4.69) is 4.98 Å². The Bertz CT molecular complexity index is 1040. The van der Waals surface area contributed by atoms with Crippen LogP contribution in [0.15, 0.2) is 21.9 Å². The fourth-order valence-corrected chi connectivity index (χ4v) is 5.49. The zero-order valence-corrected chi connectivity index (χ0v) is 19.0. The number of hydrogen-bond donors (Lipinski definition) is 2. The molecule has 1 aromatic rings. The number of H-pyrrole nitrogens is 1. The standard InChI is InChI=1S/C19H28N3O9P/c1-11(2)29-16(24)19(5-6-19)7-9-27-32(26)28-10-12-14(31-32)18(3,20)15(30-12)22-8-4-13(23)21-17(22)25/h4,8,11-12,14-15H,5-7,9-10,20H2,1-3H3,(H,21,23,25)/t12-,14-,15-,18-,32+/m1/s1. The quantitative estimate of drug-likeness (QED) is 0.428. The first-order valence-electron chi connectivity index (χ1n) is 10.5. The number of rotatable bonds is 7. The molecule has 32 heavy (non-hydrogen) atoms. The third-order valence-corrected chi connectivity index (χ3v) is 7.44. The highest BCUT2D eigenvalue weighted by atomic mass is 31.2.